The van der Waals surface area contributed by atoms with Crippen molar-refractivity contribution in [3.63, 3.8) is 0 Å². The molecule has 8 heteroatoms. The van der Waals surface area contributed by atoms with Crippen molar-refractivity contribution in [2.45, 2.75) is 10.9 Å². The molecule has 0 bridgehead atoms. The zero-order chi connectivity index (χ0) is 16.3. The van der Waals surface area contributed by atoms with Crippen LogP contribution in [0.5, 0.6) is 11.5 Å². The van der Waals surface area contributed by atoms with E-state index in [1.54, 1.807) is 18.2 Å². The van der Waals surface area contributed by atoms with Crippen LogP contribution in [0.3, 0.4) is 0 Å². The molecule has 22 heavy (non-hydrogen) atoms. The number of aliphatic carboxylic acids is 1. The van der Waals surface area contributed by atoms with Gasteiger partial charge in [0.05, 0.1) is 4.90 Å². The predicted octanol–water partition coefficient (Wildman–Crippen LogP) is 1.20. The first-order valence-corrected chi connectivity index (χ1v) is 7.61. The highest BCUT2D eigenvalue weighted by molar-refractivity contribution is 7.89. The van der Waals surface area contributed by atoms with Gasteiger partial charge in [0.1, 0.15) is 6.04 Å². The smallest absolute Gasteiger partial charge is 0.326 e. The Morgan fingerprint density at radius 2 is 1.64 bits per heavy atom. The predicted molar refractivity (Wildman–Crippen MR) is 76.9 cm³/mol. The van der Waals surface area contributed by atoms with E-state index in [0.29, 0.717) is 0 Å². The van der Waals surface area contributed by atoms with Crippen LogP contribution in [0.15, 0.2) is 53.4 Å². The Hall–Kier alpha value is -2.58. The number of phenolic OH excluding ortho intramolecular Hbond substituents is 2. The van der Waals surface area contributed by atoms with Crippen molar-refractivity contribution in [2.75, 3.05) is 0 Å². The Morgan fingerprint density at radius 1 is 1.00 bits per heavy atom. The second-order valence-electron chi connectivity index (χ2n) is 4.45. The molecule has 0 aromatic heterocycles. The van der Waals surface area contributed by atoms with Gasteiger partial charge in [-0.15, -0.1) is 0 Å². The van der Waals surface area contributed by atoms with Gasteiger partial charge in [-0.3, -0.25) is 4.79 Å². The minimum atomic E-state index is -4.19. The van der Waals surface area contributed by atoms with E-state index in [0.717, 1.165) is 18.2 Å². The average molecular weight is 323 g/mol. The van der Waals surface area contributed by atoms with Crippen molar-refractivity contribution >= 4 is 16.0 Å². The Labute approximate surface area is 126 Å². The number of aromatic hydroxyl groups is 2. The topological polar surface area (TPSA) is 124 Å². The van der Waals surface area contributed by atoms with E-state index in [9.17, 15) is 28.5 Å². The summed E-state index contributed by atoms with van der Waals surface area (Å²) in [6.45, 7) is 0. The first-order valence-electron chi connectivity index (χ1n) is 6.13. The Balaban J connectivity index is 2.36. The van der Waals surface area contributed by atoms with Crippen molar-refractivity contribution < 1.29 is 28.5 Å². The summed E-state index contributed by atoms with van der Waals surface area (Å²) in [5.41, 5.74) is 0.265. The van der Waals surface area contributed by atoms with E-state index >= 15 is 0 Å². The van der Waals surface area contributed by atoms with Gasteiger partial charge in [0.15, 0.2) is 11.5 Å². The van der Waals surface area contributed by atoms with E-state index in [1.807, 2.05) is 0 Å². The highest BCUT2D eigenvalue weighted by Gasteiger charge is 2.27. The van der Waals surface area contributed by atoms with Crippen LogP contribution < -0.4 is 4.72 Å². The molecule has 0 aliphatic rings. The van der Waals surface area contributed by atoms with E-state index in [2.05, 4.69) is 4.72 Å². The minimum Gasteiger partial charge on any atom is -0.504 e. The molecular formula is C14H13NO6S. The molecule has 0 saturated heterocycles. The molecule has 116 valence electrons. The fourth-order valence-corrected chi connectivity index (χ4v) is 3.00. The molecule has 0 aliphatic heterocycles. The van der Waals surface area contributed by atoms with Crippen molar-refractivity contribution in [2.24, 2.45) is 0 Å². The second kappa shape index (κ2) is 6.04. The molecule has 1 atom stereocenters. The molecule has 4 N–H and O–H groups in total. The Morgan fingerprint density at radius 3 is 2.18 bits per heavy atom. The minimum absolute atomic E-state index is 0.265. The average Bonchev–Trinajstić information content (AvgIpc) is 2.48. The summed E-state index contributed by atoms with van der Waals surface area (Å²) >= 11 is 0. The number of phenols is 2. The largest absolute Gasteiger partial charge is 0.504 e. The molecule has 2 aromatic rings. The quantitative estimate of drug-likeness (QED) is 0.613. The summed E-state index contributed by atoms with van der Waals surface area (Å²) in [7, 11) is -4.19. The molecule has 0 radical (unpaired) electrons. The van der Waals surface area contributed by atoms with Crippen molar-refractivity contribution in [1.82, 2.24) is 4.72 Å². The molecular weight excluding hydrogens is 310 g/mol. The summed E-state index contributed by atoms with van der Waals surface area (Å²) in [6.07, 6.45) is 0. The lowest BCUT2D eigenvalue weighted by molar-refractivity contribution is -0.139. The fourth-order valence-electron chi connectivity index (χ4n) is 1.80. The van der Waals surface area contributed by atoms with Crippen LogP contribution in [0.2, 0.25) is 0 Å². The second-order valence-corrected chi connectivity index (χ2v) is 6.17. The molecule has 0 fully saturated rings. The maximum absolute atomic E-state index is 12.2. The zero-order valence-electron chi connectivity index (χ0n) is 11.2. The molecule has 7 nitrogen and oxygen atoms in total. The van der Waals surface area contributed by atoms with Gasteiger partial charge in [0.25, 0.3) is 0 Å². The van der Waals surface area contributed by atoms with Crippen LogP contribution in [-0.4, -0.2) is 29.7 Å². The van der Waals surface area contributed by atoms with Crippen LogP contribution in [0.4, 0.5) is 0 Å². The van der Waals surface area contributed by atoms with Crippen molar-refractivity contribution in [3.05, 3.63) is 54.1 Å². The Kier molecular flexibility index (Phi) is 4.34. The lowest BCUT2D eigenvalue weighted by Gasteiger charge is -2.15. The van der Waals surface area contributed by atoms with Gasteiger partial charge in [-0.25, -0.2) is 8.42 Å². The highest BCUT2D eigenvalue weighted by Crippen LogP contribution is 2.27. The third kappa shape index (κ3) is 3.35. The van der Waals surface area contributed by atoms with Crippen LogP contribution in [-0.2, 0) is 14.8 Å². The maximum Gasteiger partial charge on any atom is 0.326 e. The summed E-state index contributed by atoms with van der Waals surface area (Å²) in [6, 6.07) is 9.24. The molecule has 0 aliphatic carbocycles. The Bertz CT molecular complexity index is 788. The standard InChI is InChI=1S/C14H13NO6S/c16-11-7-6-10(8-12(11)17)22(20,21)15-13(14(18)19)9-4-2-1-3-5-9/h1-8,13,15-17H,(H,18,19)/t13-/m1/s1. The first kappa shape index (κ1) is 15.8. The molecule has 0 amide bonds. The third-order valence-corrected chi connectivity index (χ3v) is 4.33. The normalized spacial score (nSPS) is 12.7. The van der Waals surface area contributed by atoms with Crippen LogP contribution in [0.25, 0.3) is 0 Å². The molecule has 0 saturated carbocycles. The van der Waals surface area contributed by atoms with Gasteiger partial charge in [-0.05, 0) is 17.7 Å². The summed E-state index contributed by atoms with van der Waals surface area (Å²) in [4.78, 5) is 11.0. The number of sulfonamides is 1. The molecule has 2 rings (SSSR count). The number of carboxylic acid groups (broad SMARTS) is 1. The summed E-state index contributed by atoms with van der Waals surface area (Å²) in [5, 5.41) is 27.8. The lowest BCUT2D eigenvalue weighted by atomic mass is 10.1. The van der Waals surface area contributed by atoms with Gasteiger partial charge in [-0.2, -0.15) is 4.72 Å². The number of hydrogen-bond donors (Lipinski definition) is 4. The molecule has 0 heterocycles. The number of nitrogens with one attached hydrogen (secondary N) is 1. The van der Waals surface area contributed by atoms with Crippen LogP contribution in [0, 0.1) is 0 Å². The number of hydrogen-bond acceptors (Lipinski definition) is 5. The SMILES string of the molecule is O=C(O)[C@H](NS(=O)(=O)c1ccc(O)c(O)c1)c1ccccc1. The zero-order valence-corrected chi connectivity index (χ0v) is 12.0. The highest BCUT2D eigenvalue weighted by atomic mass is 32.2. The lowest BCUT2D eigenvalue weighted by Crippen LogP contribution is -2.33. The molecule has 0 unspecified atom stereocenters. The van der Waals surface area contributed by atoms with Gasteiger partial charge in [-0.1, -0.05) is 30.3 Å². The fraction of sp³-hybridized carbons (Fsp3) is 0.0714. The van der Waals surface area contributed by atoms with E-state index in [1.165, 1.54) is 12.1 Å². The summed E-state index contributed by atoms with van der Waals surface area (Å²) in [5.74, 6) is -2.45. The van der Waals surface area contributed by atoms with E-state index in [4.69, 9.17) is 0 Å². The number of benzene rings is 2. The third-order valence-electron chi connectivity index (χ3n) is 2.91. The van der Waals surface area contributed by atoms with E-state index in [-0.39, 0.29) is 10.5 Å². The number of rotatable bonds is 5. The molecule has 2 aromatic carbocycles. The molecule has 0 spiro atoms. The van der Waals surface area contributed by atoms with Gasteiger partial charge < -0.3 is 15.3 Å². The number of carbonyl (C=O) groups is 1. The maximum atomic E-state index is 12.2. The van der Waals surface area contributed by atoms with Crippen LogP contribution in [0.1, 0.15) is 11.6 Å². The monoisotopic (exact) mass is 323 g/mol. The summed E-state index contributed by atoms with van der Waals surface area (Å²) < 4.78 is 26.5. The number of carboxylic acids is 1. The van der Waals surface area contributed by atoms with Gasteiger partial charge in [0, 0.05) is 6.07 Å². The van der Waals surface area contributed by atoms with Crippen molar-refractivity contribution in [1.29, 1.82) is 0 Å². The van der Waals surface area contributed by atoms with Gasteiger partial charge in [0.2, 0.25) is 10.0 Å². The van der Waals surface area contributed by atoms with E-state index < -0.39 is 33.5 Å². The van der Waals surface area contributed by atoms with Crippen LogP contribution >= 0.6 is 0 Å². The van der Waals surface area contributed by atoms with Crippen molar-refractivity contribution in [3.8, 4) is 11.5 Å². The first-order chi connectivity index (χ1) is 10.3. The van der Waals surface area contributed by atoms with Gasteiger partial charge >= 0.3 is 5.97 Å².